The molecule has 0 bridgehead atoms. The number of rotatable bonds is 3. The summed E-state index contributed by atoms with van der Waals surface area (Å²) in [6.07, 6.45) is 0. The van der Waals surface area contributed by atoms with E-state index in [2.05, 4.69) is 12.2 Å². The van der Waals surface area contributed by atoms with E-state index in [0.717, 1.165) is 16.8 Å². The quantitative estimate of drug-likeness (QED) is 0.841. The summed E-state index contributed by atoms with van der Waals surface area (Å²) in [5, 5.41) is 2.99. The van der Waals surface area contributed by atoms with E-state index in [1.807, 2.05) is 63.2 Å². The van der Waals surface area contributed by atoms with Crippen molar-refractivity contribution in [3.8, 4) is 0 Å². The molecule has 21 heavy (non-hydrogen) atoms. The van der Waals surface area contributed by atoms with Crippen LogP contribution in [0.5, 0.6) is 0 Å². The highest BCUT2D eigenvalue weighted by atomic mass is 16.2. The molecular formula is C18H22N2O. The highest BCUT2D eigenvalue weighted by molar-refractivity contribution is 5.98. The lowest BCUT2D eigenvalue weighted by molar-refractivity contribution is -0.120. The first-order valence-electron chi connectivity index (χ1n) is 7.05. The average Bonchev–Trinajstić information content (AvgIpc) is 2.43. The van der Waals surface area contributed by atoms with Crippen LogP contribution in [0.1, 0.15) is 30.5 Å². The molecular weight excluding hydrogens is 260 g/mol. The number of carbonyl (C=O) groups excluding carboxylic acids is 1. The molecule has 0 saturated carbocycles. The van der Waals surface area contributed by atoms with Crippen molar-refractivity contribution in [1.29, 1.82) is 0 Å². The SMILES string of the molecule is Cc1ccc(NC(=O)C(C)(C)c2ccc(N)cc2)cc1C. The summed E-state index contributed by atoms with van der Waals surface area (Å²) in [5.74, 6) is -0.0319. The van der Waals surface area contributed by atoms with E-state index in [9.17, 15) is 4.79 Å². The zero-order chi connectivity index (χ0) is 15.6. The number of anilines is 2. The topological polar surface area (TPSA) is 55.1 Å². The van der Waals surface area contributed by atoms with Gasteiger partial charge in [-0.3, -0.25) is 4.79 Å². The monoisotopic (exact) mass is 282 g/mol. The van der Waals surface area contributed by atoms with Crippen LogP contribution in [0.3, 0.4) is 0 Å². The van der Waals surface area contributed by atoms with E-state index in [1.54, 1.807) is 0 Å². The molecule has 2 aromatic rings. The normalized spacial score (nSPS) is 11.2. The zero-order valence-electron chi connectivity index (χ0n) is 13.0. The number of hydrogen-bond donors (Lipinski definition) is 2. The summed E-state index contributed by atoms with van der Waals surface area (Å²) in [6.45, 7) is 7.92. The molecule has 3 nitrogen and oxygen atoms in total. The Balaban J connectivity index is 2.21. The first kappa shape index (κ1) is 15.1. The Labute approximate surface area is 126 Å². The van der Waals surface area contributed by atoms with Gasteiger partial charge in [0.05, 0.1) is 5.41 Å². The molecule has 3 heteroatoms. The minimum absolute atomic E-state index is 0.0319. The van der Waals surface area contributed by atoms with Crippen molar-refractivity contribution in [3.63, 3.8) is 0 Å². The van der Waals surface area contributed by atoms with Crippen LogP contribution >= 0.6 is 0 Å². The van der Waals surface area contributed by atoms with Crippen molar-refractivity contribution < 1.29 is 4.79 Å². The van der Waals surface area contributed by atoms with Gasteiger partial charge in [-0.2, -0.15) is 0 Å². The molecule has 0 unspecified atom stereocenters. The van der Waals surface area contributed by atoms with E-state index in [1.165, 1.54) is 5.56 Å². The second kappa shape index (κ2) is 5.60. The maximum atomic E-state index is 12.6. The Bertz CT molecular complexity index is 657. The van der Waals surface area contributed by atoms with E-state index in [-0.39, 0.29) is 5.91 Å². The third-order valence-electron chi connectivity index (χ3n) is 3.96. The van der Waals surface area contributed by atoms with E-state index >= 15 is 0 Å². The van der Waals surface area contributed by atoms with Crippen LogP contribution < -0.4 is 11.1 Å². The van der Waals surface area contributed by atoms with Crippen LogP contribution in [0, 0.1) is 13.8 Å². The first-order valence-corrected chi connectivity index (χ1v) is 7.05. The van der Waals surface area contributed by atoms with Crippen molar-refractivity contribution in [2.24, 2.45) is 0 Å². The van der Waals surface area contributed by atoms with Gasteiger partial charge in [-0.15, -0.1) is 0 Å². The summed E-state index contributed by atoms with van der Waals surface area (Å²) in [7, 11) is 0. The van der Waals surface area contributed by atoms with Gasteiger partial charge in [0.1, 0.15) is 0 Å². The molecule has 0 spiro atoms. The molecule has 0 heterocycles. The molecule has 0 aliphatic rings. The Hall–Kier alpha value is -2.29. The van der Waals surface area contributed by atoms with Crippen LogP contribution in [0.2, 0.25) is 0 Å². The number of nitrogen functional groups attached to an aromatic ring is 1. The predicted molar refractivity (Wildman–Crippen MR) is 88.4 cm³/mol. The van der Waals surface area contributed by atoms with E-state index in [4.69, 9.17) is 5.73 Å². The fraction of sp³-hybridized carbons (Fsp3) is 0.278. The third kappa shape index (κ3) is 3.24. The fourth-order valence-electron chi connectivity index (χ4n) is 2.14. The number of amides is 1. The highest BCUT2D eigenvalue weighted by Gasteiger charge is 2.29. The molecule has 1 amide bonds. The maximum Gasteiger partial charge on any atom is 0.234 e. The highest BCUT2D eigenvalue weighted by Crippen LogP contribution is 2.26. The van der Waals surface area contributed by atoms with Crippen molar-refractivity contribution in [3.05, 3.63) is 59.2 Å². The van der Waals surface area contributed by atoms with Gasteiger partial charge in [-0.1, -0.05) is 18.2 Å². The van der Waals surface area contributed by atoms with Crippen LogP contribution in [0.4, 0.5) is 11.4 Å². The van der Waals surface area contributed by atoms with Gasteiger partial charge < -0.3 is 11.1 Å². The molecule has 0 aliphatic heterocycles. The van der Waals surface area contributed by atoms with E-state index in [0.29, 0.717) is 5.69 Å². The van der Waals surface area contributed by atoms with Crippen LogP contribution in [0.15, 0.2) is 42.5 Å². The average molecular weight is 282 g/mol. The number of nitrogens with two attached hydrogens (primary N) is 1. The smallest absolute Gasteiger partial charge is 0.234 e. The zero-order valence-corrected chi connectivity index (χ0v) is 13.0. The van der Waals surface area contributed by atoms with Gasteiger partial charge in [0.15, 0.2) is 0 Å². The van der Waals surface area contributed by atoms with Gasteiger partial charge in [-0.05, 0) is 68.7 Å². The Morgan fingerprint density at radius 2 is 1.62 bits per heavy atom. The van der Waals surface area contributed by atoms with Crippen molar-refractivity contribution in [1.82, 2.24) is 0 Å². The number of aryl methyl sites for hydroxylation is 2. The molecule has 0 radical (unpaired) electrons. The number of benzene rings is 2. The molecule has 0 fully saturated rings. The minimum atomic E-state index is -0.619. The minimum Gasteiger partial charge on any atom is -0.399 e. The van der Waals surface area contributed by atoms with Crippen molar-refractivity contribution in [2.75, 3.05) is 11.1 Å². The molecule has 2 aromatic carbocycles. The van der Waals surface area contributed by atoms with E-state index < -0.39 is 5.41 Å². The summed E-state index contributed by atoms with van der Waals surface area (Å²) in [4.78, 5) is 12.6. The Kier molecular flexibility index (Phi) is 4.03. The van der Waals surface area contributed by atoms with Crippen LogP contribution in [-0.4, -0.2) is 5.91 Å². The van der Waals surface area contributed by atoms with Crippen molar-refractivity contribution >= 4 is 17.3 Å². The number of hydrogen-bond acceptors (Lipinski definition) is 2. The molecule has 0 atom stereocenters. The molecule has 0 aromatic heterocycles. The summed E-state index contributed by atoms with van der Waals surface area (Å²) < 4.78 is 0. The third-order valence-corrected chi connectivity index (χ3v) is 3.96. The fourth-order valence-corrected chi connectivity index (χ4v) is 2.14. The first-order chi connectivity index (χ1) is 9.80. The summed E-state index contributed by atoms with van der Waals surface area (Å²) in [5.41, 5.74) is 9.93. The van der Waals surface area contributed by atoms with Crippen LogP contribution in [-0.2, 0) is 10.2 Å². The van der Waals surface area contributed by atoms with Gasteiger partial charge >= 0.3 is 0 Å². The van der Waals surface area contributed by atoms with Gasteiger partial charge in [0.2, 0.25) is 5.91 Å². The summed E-state index contributed by atoms with van der Waals surface area (Å²) in [6, 6.07) is 13.4. The largest absolute Gasteiger partial charge is 0.399 e. The Morgan fingerprint density at radius 3 is 2.19 bits per heavy atom. The standard InChI is InChI=1S/C18H22N2O/c1-12-5-10-16(11-13(12)2)20-17(21)18(3,4)14-6-8-15(19)9-7-14/h5-11H,19H2,1-4H3,(H,20,21). The number of nitrogens with one attached hydrogen (secondary N) is 1. The summed E-state index contributed by atoms with van der Waals surface area (Å²) >= 11 is 0. The maximum absolute atomic E-state index is 12.6. The lowest BCUT2D eigenvalue weighted by Gasteiger charge is -2.24. The number of carbonyl (C=O) groups is 1. The van der Waals surface area contributed by atoms with Gasteiger partial charge in [0, 0.05) is 11.4 Å². The van der Waals surface area contributed by atoms with Gasteiger partial charge in [-0.25, -0.2) is 0 Å². The lowest BCUT2D eigenvalue weighted by Crippen LogP contribution is -2.34. The lowest BCUT2D eigenvalue weighted by atomic mass is 9.83. The second-order valence-corrected chi connectivity index (χ2v) is 6.00. The molecule has 2 rings (SSSR count). The predicted octanol–water partition coefficient (Wildman–Crippen LogP) is 3.80. The molecule has 3 N–H and O–H groups in total. The Morgan fingerprint density at radius 1 is 1.00 bits per heavy atom. The molecule has 0 saturated heterocycles. The van der Waals surface area contributed by atoms with Crippen molar-refractivity contribution in [2.45, 2.75) is 33.1 Å². The van der Waals surface area contributed by atoms with Crippen LogP contribution in [0.25, 0.3) is 0 Å². The molecule has 0 aliphatic carbocycles. The van der Waals surface area contributed by atoms with Gasteiger partial charge in [0.25, 0.3) is 0 Å². The molecule has 110 valence electrons. The second-order valence-electron chi connectivity index (χ2n) is 6.00.